The zero-order valence-corrected chi connectivity index (χ0v) is 11.3. The molecule has 0 unspecified atom stereocenters. The summed E-state index contributed by atoms with van der Waals surface area (Å²) >= 11 is 0. The Labute approximate surface area is 122 Å². The first-order valence-electron chi connectivity index (χ1n) is 6.34. The maximum absolute atomic E-state index is 12.0. The predicted octanol–water partition coefficient (Wildman–Crippen LogP) is 1.94. The van der Waals surface area contributed by atoms with Crippen LogP contribution in [0.5, 0.6) is 0 Å². The van der Waals surface area contributed by atoms with Crippen LogP contribution in [0.1, 0.15) is 5.56 Å². The molecule has 0 heterocycles. The molecule has 6 nitrogen and oxygen atoms in total. The molecule has 2 aromatic rings. The maximum atomic E-state index is 12.0. The average Bonchev–Trinajstić information content (AvgIpc) is 2.37. The van der Waals surface area contributed by atoms with E-state index in [9.17, 15) is 9.59 Å². The Morgan fingerprint density at radius 3 is 2.29 bits per heavy atom. The number of nitrogens with one attached hydrogen (secondary N) is 2. The number of carbonyl (C=O) groups excluding carboxylic acids is 2. The Balaban J connectivity index is 2.01. The Morgan fingerprint density at radius 1 is 0.952 bits per heavy atom. The van der Waals surface area contributed by atoms with Gasteiger partial charge in [-0.1, -0.05) is 18.2 Å². The molecule has 0 saturated carbocycles. The quantitative estimate of drug-likeness (QED) is 0.644. The van der Waals surface area contributed by atoms with Crippen molar-refractivity contribution in [1.82, 2.24) is 0 Å². The van der Waals surface area contributed by atoms with E-state index < -0.39 is 6.03 Å². The lowest BCUT2D eigenvalue weighted by atomic mass is 10.1. The lowest BCUT2D eigenvalue weighted by Gasteiger charge is -2.08. The van der Waals surface area contributed by atoms with Crippen LogP contribution in [-0.2, 0) is 11.2 Å². The minimum atomic E-state index is -0.654. The number of rotatable bonds is 4. The number of amides is 3. The van der Waals surface area contributed by atoms with E-state index in [-0.39, 0.29) is 12.3 Å². The molecule has 0 bridgehead atoms. The summed E-state index contributed by atoms with van der Waals surface area (Å²) in [6, 6.07) is 13.2. The number of carbonyl (C=O) groups is 2. The summed E-state index contributed by atoms with van der Waals surface area (Å²) in [4.78, 5) is 22.7. The molecular weight excluding hydrogens is 268 g/mol. The third-order valence-corrected chi connectivity index (χ3v) is 2.73. The Bertz CT molecular complexity index is 670. The maximum Gasteiger partial charge on any atom is 0.316 e. The molecule has 0 atom stereocenters. The molecule has 0 fully saturated rings. The van der Waals surface area contributed by atoms with Crippen molar-refractivity contribution in [2.24, 2.45) is 5.73 Å². The van der Waals surface area contributed by atoms with Gasteiger partial charge in [0.15, 0.2) is 0 Å². The van der Waals surface area contributed by atoms with Gasteiger partial charge in [0.2, 0.25) is 5.91 Å². The molecule has 108 valence electrons. The van der Waals surface area contributed by atoms with Gasteiger partial charge in [0.1, 0.15) is 0 Å². The highest BCUT2D eigenvalue weighted by Crippen LogP contribution is 2.15. The Morgan fingerprint density at radius 2 is 1.62 bits per heavy atom. The van der Waals surface area contributed by atoms with E-state index in [2.05, 4.69) is 10.6 Å². The van der Waals surface area contributed by atoms with Gasteiger partial charge in [-0.3, -0.25) is 4.79 Å². The summed E-state index contributed by atoms with van der Waals surface area (Å²) in [5.41, 5.74) is 13.3. The van der Waals surface area contributed by atoms with Gasteiger partial charge in [0.05, 0.1) is 6.42 Å². The fourth-order valence-corrected chi connectivity index (χ4v) is 1.91. The molecule has 6 heteroatoms. The second-order valence-corrected chi connectivity index (χ2v) is 4.54. The number of hydrogen-bond acceptors (Lipinski definition) is 3. The second-order valence-electron chi connectivity index (χ2n) is 4.54. The van der Waals surface area contributed by atoms with Crippen LogP contribution in [0.25, 0.3) is 0 Å². The first-order valence-corrected chi connectivity index (χ1v) is 6.34. The molecule has 3 amide bonds. The summed E-state index contributed by atoms with van der Waals surface area (Å²) in [6.45, 7) is 0. The molecule has 0 aliphatic rings. The van der Waals surface area contributed by atoms with Crippen molar-refractivity contribution < 1.29 is 9.59 Å². The summed E-state index contributed by atoms with van der Waals surface area (Å²) in [6.07, 6.45) is 0.221. The van der Waals surface area contributed by atoms with Crippen LogP contribution >= 0.6 is 0 Å². The Kier molecular flexibility index (Phi) is 4.40. The van der Waals surface area contributed by atoms with Crippen molar-refractivity contribution in [2.75, 3.05) is 16.4 Å². The Hall–Kier alpha value is -3.02. The summed E-state index contributed by atoms with van der Waals surface area (Å²) in [7, 11) is 0. The van der Waals surface area contributed by atoms with E-state index in [4.69, 9.17) is 11.5 Å². The van der Waals surface area contributed by atoms with E-state index in [0.29, 0.717) is 17.1 Å². The number of urea groups is 1. The van der Waals surface area contributed by atoms with E-state index in [1.54, 1.807) is 42.5 Å². The highest BCUT2D eigenvalue weighted by molar-refractivity contribution is 5.94. The summed E-state index contributed by atoms with van der Waals surface area (Å²) < 4.78 is 0. The minimum Gasteiger partial charge on any atom is -0.399 e. The SMILES string of the molecule is NC(=O)Nc1cccc(NC(=O)Cc2cccc(N)c2)c1. The molecule has 2 aromatic carbocycles. The second kappa shape index (κ2) is 6.42. The lowest BCUT2D eigenvalue weighted by Crippen LogP contribution is -2.19. The standard InChI is InChI=1S/C15H16N4O2/c16-11-4-1-3-10(7-11)8-14(20)18-12-5-2-6-13(9-12)19-15(17)21/h1-7,9H,8,16H2,(H,18,20)(H3,17,19,21). The van der Waals surface area contributed by atoms with Crippen molar-refractivity contribution in [3.8, 4) is 0 Å². The number of anilines is 3. The van der Waals surface area contributed by atoms with Gasteiger partial charge in [-0.25, -0.2) is 4.79 Å². The lowest BCUT2D eigenvalue weighted by molar-refractivity contribution is -0.115. The van der Waals surface area contributed by atoms with Crippen LogP contribution in [0.15, 0.2) is 48.5 Å². The van der Waals surface area contributed by atoms with Crippen LogP contribution in [0.2, 0.25) is 0 Å². The molecule has 0 aliphatic carbocycles. The van der Waals surface area contributed by atoms with Gasteiger partial charge < -0.3 is 22.1 Å². The zero-order chi connectivity index (χ0) is 15.2. The zero-order valence-electron chi connectivity index (χ0n) is 11.3. The largest absolute Gasteiger partial charge is 0.399 e. The highest BCUT2D eigenvalue weighted by atomic mass is 16.2. The van der Waals surface area contributed by atoms with Gasteiger partial charge in [0.25, 0.3) is 0 Å². The fourth-order valence-electron chi connectivity index (χ4n) is 1.91. The van der Waals surface area contributed by atoms with Crippen LogP contribution in [-0.4, -0.2) is 11.9 Å². The average molecular weight is 284 g/mol. The minimum absolute atomic E-state index is 0.170. The van der Waals surface area contributed by atoms with Crippen molar-refractivity contribution in [3.05, 3.63) is 54.1 Å². The van der Waals surface area contributed by atoms with Gasteiger partial charge in [-0.15, -0.1) is 0 Å². The van der Waals surface area contributed by atoms with E-state index >= 15 is 0 Å². The van der Waals surface area contributed by atoms with Gasteiger partial charge in [-0.2, -0.15) is 0 Å². The van der Waals surface area contributed by atoms with Gasteiger partial charge in [0, 0.05) is 17.1 Å². The highest BCUT2D eigenvalue weighted by Gasteiger charge is 2.05. The van der Waals surface area contributed by atoms with Crippen molar-refractivity contribution in [3.63, 3.8) is 0 Å². The summed E-state index contributed by atoms with van der Waals surface area (Å²) in [5, 5.41) is 5.20. The number of nitrogens with two attached hydrogens (primary N) is 2. The molecule has 2 rings (SSSR count). The molecule has 0 saturated heterocycles. The number of nitrogen functional groups attached to an aromatic ring is 1. The third kappa shape index (κ3) is 4.54. The van der Waals surface area contributed by atoms with E-state index in [1.165, 1.54) is 0 Å². The normalized spacial score (nSPS) is 9.90. The van der Waals surface area contributed by atoms with Crippen LogP contribution in [0, 0.1) is 0 Å². The van der Waals surface area contributed by atoms with E-state index in [1.807, 2.05) is 6.07 Å². The third-order valence-electron chi connectivity index (χ3n) is 2.73. The van der Waals surface area contributed by atoms with Crippen LogP contribution in [0.4, 0.5) is 21.9 Å². The number of benzene rings is 2. The molecule has 0 radical (unpaired) electrons. The molecular formula is C15H16N4O2. The molecule has 0 aliphatic heterocycles. The van der Waals surface area contributed by atoms with Crippen molar-refractivity contribution in [1.29, 1.82) is 0 Å². The van der Waals surface area contributed by atoms with Gasteiger partial charge >= 0.3 is 6.03 Å². The number of primary amides is 1. The number of hydrogen-bond donors (Lipinski definition) is 4. The predicted molar refractivity (Wildman–Crippen MR) is 82.8 cm³/mol. The molecule has 21 heavy (non-hydrogen) atoms. The summed E-state index contributed by atoms with van der Waals surface area (Å²) in [5.74, 6) is -0.170. The van der Waals surface area contributed by atoms with Crippen LogP contribution < -0.4 is 22.1 Å². The monoisotopic (exact) mass is 284 g/mol. The first-order chi connectivity index (χ1) is 10.0. The fraction of sp³-hybridized carbons (Fsp3) is 0.0667. The molecule has 6 N–H and O–H groups in total. The molecule has 0 aromatic heterocycles. The first kappa shape index (κ1) is 14.4. The van der Waals surface area contributed by atoms with Crippen molar-refractivity contribution >= 4 is 29.0 Å². The van der Waals surface area contributed by atoms with E-state index in [0.717, 1.165) is 5.56 Å². The molecule has 0 spiro atoms. The van der Waals surface area contributed by atoms with Gasteiger partial charge in [-0.05, 0) is 35.9 Å². The van der Waals surface area contributed by atoms with Crippen LogP contribution in [0.3, 0.4) is 0 Å². The smallest absolute Gasteiger partial charge is 0.316 e. The topological polar surface area (TPSA) is 110 Å². The van der Waals surface area contributed by atoms with Crippen molar-refractivity contribution in [2.45, 2.75) is 6.42 Å².